The summed E-state index contributed by atoms with van der Waals surface area (Å²) in [5.41, 5.74) is 7.05. The summed E-state index contributed by atoms with van der Waals surface area (Å²) in [5, 5.41) is 20.7. The number of hydrogen-bond acceptors (Lipinski definition) is 3. The van der Waals surface area contributed by atoms with Crippen molar-refractivity contribution in [1.82, 2.24) is 0 Å². The fourth-order valence-corrected chi connectivity index (χ4v) is 2.96. The van der Waals surface area contributed by atoms with Crippen LogP contribution in [0.4, 0.5) is 0 Å². The molecule has 3 heteroatoms. The van der Waals surface area contributed by atoms with Crippen LogP contribution in [0.5, 0.6) is 0 Å². The van der Waals surface area contributed by atoms with Gasteiger partial charge in [-0.05, 0) is 49.8 Å². The van der Waals surface area contributed by atoms with Gasteiger partial charge in [0.25, 0.3) is 0 Å². The predicted molar refractivity (Wildman–Crippen MR) is 88.2 cm³/mol. The number of aliphatic hydroxyl groups excluding tert-OH is 1. The van der Waals surface area contributed by atoms with E-state index in [-0.39, 0.29) is 0 Å². The average Bonchev–Trinajstić information content (AvgIpc) is 2.46. The zero-order valence-electron chi connectivity index (χ0n) is 13.5. The van der Waals surface area contributed by atoms with Gasteiger partial charge in [0.05, 0.1) is 11.7 Å². The second kappa shape index (κ2) is 9.19. The first-order valence-corrected chi connectivity index (χ1v) is 8.24. The summed E-state index contributed by atoms with van der Waals surface area (Å²) in [6.07, 6.45) is 5.45. The highest BCUT2D eigenvalue weighted by Gasteiger charge is 2.24. The molecule has 3 nitrogen and oxygen atoms in total. The maximum absolute atomic E-state index is 10.7. The van der Waals surface area contributed by atoms with Gasteiger partial charge in [0.15, 0.2) is 0 Å². The van der Waals surface area contributed by atoms with Crippen molar-refractivity contribution in [3.8, 4) is 0 Å². The molecule has 21 heavy (non-hydrogen) atoms. The second-order valence-corrected chi connectivity index (χ2v) is 6.06. The van der Waals surface area contributed by atoms with Gasteiger partial charge in [0.2, 0.25) is 0 Å². The lowest BCUT2D eigenvalue weighted by Gasteiger charge is -2.27. The van der Waals surface area contributed by atoms with E-state index >= 15 is 0 Å². The van der Waals surface area contributed by atoms with E-state index in [1.165, 1.54) is 5.56 Å². The molecule has 0 aromatic heterocycles. The minimum atomic E-state index is -0.546. The Morgan fingerprint density at radius 1 is 1.14 bits per heavy atom. The van der Waals surface area contributed by atoms with Crippen molar-refractivity contribution in [3.63, 3.8) is 0 Å². The standard InChI is InChI=1S/C18H31NO2/c1-3-10-18(21,11-4-2)12-8-15-6-5-7-16(14-15)17(20)9-13-19/h5-7,14,17,20-21H,3-4,8-13,19H2,1-2H3. The van der Waals surface area contributed by atoms with Crippen LogP contribution in [0.1, 0.15) is 69.6 Å². The molecule has 0 bridgehead atoms. The molecule has 0 heterocycles. The number of nitrogens with two attached hydrogens (primary N) is 1. The van der Waals surface area contributed by atoms with Crippen LogP contribution in [0.25, 0.3) is 0 Å². The predicted octanol–water partition coefficient (Wildman–Crippen LogP) is 3.33. The van der Waals surface area contributed by atoms with Crippen LogP contribution in [0.2, 0.25) is 0 Å². The van der Waals surface area contributed by atoms with Crippen molar-refractivity contribution in [1.29, 1.82) is 0 Å². The molecule has 0 aliphatic carbocycles. The molecular weight excluding hydrogens is 262 g/mol. The van der Waals surface area contributed by atoms with Gasteiger partial charge in [-0.2, -0.15) is 0 Å². The van der Waals surface area contributed by atoms with Crippen molar-refractivity contribution < 1.29 is 10.2 Å². The van der Waals surface area contributed by atoms with Gasteiger partial charge in [-0.25, -0.2) is 0 Å². The number of hydrogen-bond donors (Lipinski definition) is 3. The molecule has 1 aromatic carbocycles. The van der Waals surface area contributed by atoms with Crippen molar-refractivity contribution in [2.75, 3.05) is 6.54 Å². The minimum Gasteiger partial charge on any atom is -0.390 e. The molecule has 0 aliphatic rings. The summed E-state index contributed by atoms with van der Waals surface area (Å²) >= 11 is 0. The molecule has 0 amide bonds. The SMILES string of the molecule is CCCC(O)(CCC)CCc1cccc(C(O)CCN)c1. The van der Waals surface area contributed by atoms with Crippen molar-refractivity contribution in [3.05, 3.63) is 35.4 Å². The van der Waals surface area contributed by atoms with Gasteiger partial charge in [-0.15, -0.1) is 0 Å². The first kappa shape index (κ1) is 18.1. The van der Waals surface area contributed by atoms with Crippen LogP contribution >= 0.6 is 0 Å². The molecular formula is C18H31NO2. The van der Waals surface area contributed by atoms with Gasteiger partial charge in [-0.1, -0.05) is 51.0 Å². The molecule has 0 radical (unpaired) electrons. The third-order valence-corrected chi connectivity index (χ3v) is 4.09. The third kappa shape index (κ3) is 6.16. The summed E-state index contributed by atoms with van der Waals surface area (Å²) in [7, 11) is 0. The van der Waals surface area contributed by atoms with E-state index in [4.69, 9.17) is 5.73 Å². The molecule has 0 spiro atoms. The summed E-state index contributed by atoms with van der Waals surface area (Å²) in [6.45, 7) is 4.72. The molecule has 120 valence electrons. The van der Waals surface area contributed by atoms with E-state index in [1.54, 1.807) is 0 Å². The average molecular weight is 293 g/mol. The van der Waals surface area contributed by atoms with Gasteiger partial charge >= 0.3 is 0 Å². The van der Waals surface area contributed by atoms with E-state index < -0.39 is 11.7 Å². The fraction of sp³-hybridized carbons (Fsp3) is 0.667. The van der Waals surface area contributed by atoms with E-state index in [9.17, 15) is 10.2 Å². The Kier molecular flexibility index (Phi) is 7.94. The van der Waals surface area contributed by atoms with E-state index in [0.29, 0.717) is 13.0 Å². The Labute approximate surface area is 129 Å². The monoisotopic (exact) mass is 293 g/mol. The molecule has 0 saturated heterocycles. The quantitative estimate of drug-likeness (QED) is 0.620. The summed E-state index contributed by atoms with van der Waals surface area (Å²) in [5.74, 6) is 0. The maximum Gasteiger partial charge on any atom is 0.0802 e. The van der Waals surface area contributed by atoms with E-state index in [1.807, 2.05) is 18.2 Å². The van der Waals surface area contributed by atoms with Crippen LogP contribution in [0.15, 0.2) is 24.3 Å². The number of benzene rings is 1. The minimum absolute atomic E-state index is 0.484. The van der Waals surface area contributed by atoms with Crippen LogP contribution in [-0.2, 0) is 6.42 Å². The molecule has 1 rings (SSSR count). The molecule has 1 unspecified atom stereocenters. The van der Waals surface area contributed by atoms with Crippen molar-refractivity contribution in [2.24, 2.45) is 5.73 Å². The fourth-order valence-electron chi connectivity index (χ4n) is 2.96. The van der Waals surface area contributed by atoms with Crippen LogP contribution in [0, 0.1) is 0 Å². The molecule has 1 aromatic rings. The van der Waals surface area contributed by atoms with Gasteiger partial charge < -0.3 is 15.9 Å². The Balaban J connectivity index is 2.67. The lowest BCUT2D eigenvalue weighted by Crippen LogP contribution is -2.28. The maximum atomic E-state index is 10.7. The van der Waals surface area contributed by atoms with Crippen LogP contribution in [0.3, 0.4) is 0 Å². The van der Waals surface area contributed by atoms with E-state index in [0.717, 1.165) is 44.1 Å². The Morgan fingerprint density at radius 2 is 1.81 bits per heavy atom. The Hall–Kier alpha value is -0.900. The third-order valence-electron chi connectivity index (χ3n) is 4.09. The first-order chi connectivity index (χ1) is 10.0. The van der Waals surface area contributed by atoms with E-state index in [2.05, 4.69) is 19.9 Å². The Bertz CT molecular complexity index is 400. The lowest BCUT2D eigenvalue weighted by atomic mass is 9.86. The molecule has 0 saturated carbocycles. The highest BCUT2D eigenvalue weighted by Crippen LogP contribution is 2.26. The molecule has 4 N–H and O–H groups in total. The van der Waals surface area contributed by atoms with Crippen LogP contribution in [-0.4, -0.2) is 22.4 Å². The summed E-state index contributed by atoms with van der Waals surface area (Å²) in [4.78, 5) is 0. The van der Waals surface area contributed by atoms with Gasteiger partial charge in [0, 0.05) is 0 Å². The normalized spacial score (nSPS) is 13.4. The lowest BCUT2D eigenvalue weighted by molar-refractivity contribution is 0.0132. The highest BCUT2D eigenvalue weighted by atomic mass is 16.3. The summed E-state index contributed by atoms with van der Waals surface area (Å²) < 4.78 is 0. The van der Waals surface area contributed by atoms with Gasteiger partial charge in [-0.3, -0.25) is 0 Å². The topological polar surface area (TPSA) is 66.5 Å². The number of aliphatic hydroxyl groups is 2. The van der Waals surface area contributed by atoms with Crippen molar-refractivity contribution >= 4 is 0 Å². The Morgan fingerprint density at radius 3 is 2.38 bits per heavy atom. The van der Waals surface area contributed by atoms with Gasteiger partial charge in [0.1, 0.15) is 0 Å². The zero-order chi connectivity index (χ0) is 15.7. The highest BCUT2D eigenvalue weighted by molar-refractivity contribution is 5.25. The summed E-state index contributed by atoms with van der Waals surface area (Å²) in [6, 6.07) is 8.02. The zero-order valence-corrected chi connectivity index (χ0v) is 13.5. The number of aryl methyl sites for hydroxylation is 1. The largest absolute Gasteiger partial charge is 0.390 e. The molecule has 1 atom stereocenters. The number of rotatable bonds is 10. The molecule has 0 aliphatic heterocycles. The molecule has 0 fully saturated rings. The second-order valence-electron chi connectivity index (χ2n) is 6.06. The van der Waals surface area contributed by atoms with Crippen molar-refractivity contribution in [2.45, 2.75) is 70.5 Å². The smallest absolute Gasteiger partial charge is 0.0802 e. The first-order valence-electron chi connectivity index (χ1n) is 8.24. The van der Waals surface area contributed by atoms with Crippen LogP contribution < -0.4 is 5.73 Å².